The van der Waals surface area contributed by atoms with Gasteiger partial charge in [-0.1, -0.05) is 303 Å². The molecule has 16 aromatic carbocycles. The topological polar surface area (TPSA) is 231 Å². The van der Waals surface area contributed by atoms with E-state index in [0.29, 0.717) is 121 Å². The van der Waals surface area contributed by atoms with Crippen molar-refractivity contribution >= 4 is 49.3 Å². The number of hydrogen-bond acceptors (Lipinski definition) is 16. The van der Waals surface area contributed by atoms with Crippen molar-refractivity contribution in [2.75, 3.05) is 0 Å². The summed E-state index contributed by atoms with van der Waals surface area (Å²) in [6.45, 7) is 8.60. The molecule has 0 aliphatic rings. The zero-order valence-corrected chi connectivity index (χ0v) is 70.2. The van der Waals surface area contributed by atoms with Crippen LogP contribution in [-0.4, -0.2) is 83.9 Å². The Balaban J connectivity index is 0.764. The summed E-state index contributed by atoms with van der Waals surface area (Å²) >= 11 is 0. The normalized spacial score (nSPS) is 11.3. The first-order chi connectivity index (χ1) is 65.3. The van der Waals surface area contributed by atoms with Crippen LogP contribution in [0.15, 0.2) is 406 Å². The second kappa shape index (κ2) is 33.6. The van der Waals surface area contributed by atoms with Crippen molar-refractivity contribution in [3.05, 3.63) is 423 Å². The van der Waals surface area contributed by atoms with Gasteiger partial charge in [-0.3, -0.25) is 0 Å². The van der Waals surface area contributed by atoms with E-state index >= 15 is 0 Å². The third-order valence-electron chi connectivity index (χ3n) is 23.5. The number of aromatic nitrogens is 17. The van der Waals surface area contributed by atoms with Crippen molar-refractivity contribution in [3.63, 3.8) is 0 Å². The molecule has 0 spiro atoms. The minimum atomic E-state index is 0.266. The van der Waals surface area contributed by atoms with E-state index in [4.69, 9.17) is 81.3 Å². The summed E-state index contributed by atoms with van der Waals surface area (Å²) in [7, 11) is 0. The highest BCUT2D eigenvalue weighted by atomic mass is 15.1. The quantitative estimate of drug-likeness (QED) is 0.0727. The summed E-state index contributed by atoms with van der Waals surface area (Å²) < 4.78 is 4.45. The van der Waals surface area contributed by atoms with Crippen LogP contribution >= 0.6 is 0 Å². The molecule has 0 unspecified atom stereocenters. The van der Waals surface area contributed by atoms with E-state index in [1.165, 1.54) is 0 Å². The van der Waals surface area contributed by atoms with Gasteiger partial charge in [0.1, 0.15) is 0 Å². The number of nitriles is 1. The fourth-order valence-electron chi connectivity index (χ4n) is 17.1. The molecule has 0 amide bonds. The minimum absolute atomic E-state index is 0.266. The maximum Gasteiger partial charge on any atom is 0.194 e. The molecule has 0 fully saturated rings. The van der Waals surface area contributed by atoms with Gasteiger partial charge in [-0.25, -0.2) is 79.6 Å². The fourth-order valence-corrected chi connectivity index (χ4v) is 17.1. The van der Waals surface area contributed by atoms with Gasteiger partial charge < -0.3 is 9.13 Å². The average Bonchev–Trinajstić information content (AvgIpc) is 1.57. The molecule has 19 nitrogen and oxygen atoms in total. The van der Waals surface area contributed by atoms with E-state index in [1.807, 2.05) is 340 Å². The summed E-state index contributed by atoms with van der Waals surface area (Å²) in [4.78, 5) is 83.5. The van der Waals surface area contributed by atoms with Gasteiger partial charge >= 0.3 is 0 Å². The molecule has 0 aliphatic carbocycles. The lowest BCUT2D eigenvalue weighted by atomic mass is 9.99. The van der Waals surface area contributed by atoms with Gasteiger partial charge in [0, 0.05) is 105 Å². The van der Waals surface area contributed by atoms with E-state index in [1.54, 1.807) is 0 Å². The molecule has 0 radical (unpaired) electrons. The highest BCUT2D eigenvalue weighted by Crippen LogP contribution is 2.46. The van der Waals surface area contributed by atoms with Crippen molar-refractivity contribution in [1.29, 1.82) is 5.26 Å². The van der Waals surface area contributed by atoms with Crippen LogP contribution in [0.4, 0.5) is 5.69 Å². The first kappa shape index (κ1) is 77.9. The lowest BCUT2D eigenvalue weighted by Gasteiger charge is -2.18. The molecule has 7 aromatic heterocycles. The Kier molecular flexibility index (Phi) is 19.8. The monoisotopic (exact) mass is 1690 g/mol. The summed E-state index contributed by atoms with van der Waals surface area (Å²) in [6.07, 6.45) is 0. The molecular formula is C113H67N19. The molecule has 0 atom stereocenters. The second-order valence-electron chi connectivity index (χ2n) is 31.6. The Morgan fingerprint density at radius 2 is 0.424 bits per heavy atom. The molecule has 0 aliphatic heterocycles. The van der Waals surface area contributed by atoms with Crippen LogP contribution in [0, 0.1) is 17.9 Å². The van der Waals surface area contributed by atoms with Crippen molar-refractivity contribution in [3.8, 4) is 199 Å². The van der Waals surface area contributed by atoms with Gasteiger partial charge in [0.25, 0.3) is 0 Å². The third-order valence-corrected chi connectivity index (χ3v) is 23.5. The SMILES string of the molecule is [C-]#[N+]c1ccccc1-c1ccc(-c2nc(-c3ccccc3)nc(-c3cc(C#N)ccc3-n3c4ccc(-c5nc(-c6ccccc6)nc(-c6ccccc6)n5)cc4c4cc(-c5nc(-c6ccccc6)nc(-c6ccccc6)n5)ccc43)n2)c(-n2c3ccc(-c4nc(-c5ccccc5)nc(-c5ccccc5)n4)cc3c3cc(-c4nc(-c5ccccc5)nc(-c5ccccc5)n4)ccc32)c1. The van der Waals surface area contributed by atoms with Gasteiger partial charge in [0.15, 0.2) is 93.1 Å². The van der Waals surface area contributed by atoms with Crippen molar-refractivity contribution < 1.29 is 0 Å². The summed E-state index contributed by atoms with van der Waals surface area (Å²) in [6, 6.07) is 137. The number of rotatable bonds is 18. The highest BCUT2D eigenvalue weighted by Gasteiger charge is 2.28. The summed E-state index contributed by atoms with van der Waals surface area (Å²) in [5.41, 5.74) is 18.2. The molecule has 23 aromatic rings. The van der Waals surface area contributed by atoms with Crippen LogP contribution in [0.25, 0.3) is 242 Å². The maximum absolute atomic E-state index is 11.3. The molecule has 0 bridgehead atoms. The van der Waals surface area contributed by atoms with Crippen LogP contribution in [0.1, 0.15) is 5.56 Å². The van der Waals surface area contributed by atoms with E-state index in [0.717, 1.165) is 122 Å². The summed E-state index contributed by atoms with van der Waals surface area (Å²) in [5.74, 6) is 6.91. The first-order valence-corrected chi connectivity index (χ1v) is 42.9. The largest absolute Gasteiger partial charge is 0.308 e. The Morgan fingerprint density at radius 3 is 0.705 bits per heavy atom. The molecule has 23 rings (SSSR count). The van der Waals surface area contributed by atoms with Crippen LogP contribution in [-0.2, 0) is 0 Å². The predicted octanol–water partition coefficient (Wildman–Crippen LogP) is 25.9. The predicted molar refractivity (Wildman–Crippen MR) is 520 cm³/mol. The standard InChI is InChI=1S/C113H67N19/c1-115-92-50-30-29-49-85(92)80-52-57-86(98(68-80)132-95-61-55-83(110-124-103(75-39-19-6-20-40-75)118-104(125-110)76-41-21-7-22-42-76)66-89(95)90-67-84(56-62-96(90)132)111-126-105(77-43-23-8-24-44-77)119-106(127-111)78-45-25-9-26-46-78)112-128-107(79-47-27-10-28-48-79)129-113(130-112)91-63-70(69-114)51-58-97(91)131-93-59-53-81(108-120-99(71-31-11-2-12-32-71)116-100(121-108)72-33-13-3-14-34-72)64-87(93)88-65-82(54-60-94(88)131)109-122-101(73-35-15-4-16-36-73)117-102(123-109)74-37-17-5-18-38-74/h2-68H. The van der Waals surface area contributed by atoms with Gasteiger partial charge in [-0.05, 0) is 114 Å². The Hall–Kier alpha value is -18.9. The maximum atomic E-state index is 11.3. The van der Waals surface area contributed by atoms with E-state index < -0.39 is 0 Å². The smallest absolute Gasteiger partial charge is 0.194 e. The van der Waals surface area contributed by atoms with Gasteiger partial charge in [-0.2, -0.15) is 5.26 Å². The van der Waals surface area contributed by atoms with Crippen LogP contribution < -0.4 is 0 Å². The lowest BCUT2D eigenvalue weighted by Crippen LogP contribution is -2.06. The van der Waals surface area contributed by atoms with E-state index in [9.17, 15) is 5.26 Å². The molecule has 7 heterocycles. The van der Waals surface area contributed by atoms with Crippen LogP contribution in [0.3, 0.4) is 0 Å². The zero-order chi connectivity index (χ0) is 88.0. The van der Waals surface area contributed by atoms with E-state index in [-0.39, 0.29) is 5.82 Å². The van der Waals surface area contributed by atoms with Gasteiger partial charge in [0.05, 0.1) is 51.6 Å². The molecule has 132 heavy (non-hydrogen) atoms. The number of hydrogen-bond donors (Lipinski definition) is 0. The lowest BCUT2D eigenvalue weighted by molar-refractivity contribution is 1.06. The molecule has 19 heteroatoms. The minimum Gasteiger partial charge on any atom is -0.308 e. The fraction of sp³-hybridized carbons (Fsp3) is 0. The molecular weight excluding hydrogens is 1620 g/mol. The number of fused-ring (bicyclic) bond motifs is 6. The molecule has 614 valence electrons. The van der Waals surface area contributed by atoms with Crippen molar-refractivity contribution in [2.24, 2.45) is 0 Å². The Morgan fingerprint density at radius 1 is 0.189 bits per heavy atom. The Labute approximate surface area is 756 Å². The number of para-hydroxylation sites is 1. The van der Waals surface area contributed by atoms with Gasteiger partial charge in [-0.15, -0.1) is 0 Å². The highest BCUT2D eigenvalue weighted by molar-refractivity contribution is 6.14. The molecule has 0 N–H and O–H groups in total. The molecule has 0 saturated carbocycles. The zero-order valence-electron chi connectivity index (χ0n) is 70.2. The van der Waals surface area contributed by atoms with Crippen LogP contribution in [0.5, 0.6) is 0 Å². The van der Waals surface area contributed by atoms with Crippen molar-refractivity contribution in [1.82, 2.24) is 83.9 Å². The Bertz CT molecular complexity index is 7910. The van der Waals surface area contributed by atoms with Crippen LogP contribution in [0.2, 0.25) is 0 Å². The van der Waals surface area contributed by atoms with Crippen molar-refractivity contribution in [2.45, 2.75) is 0 Å². The third kappa shape index (κ3) is 14.8. The number of nitrogens with zero attached hydrogens (tertiary/aromatic N) is 19. The summed E-state index contributed by atoms with van der Waals surface area (Å²) in [5, 5.41) is 14.6. The van der Waals surface area contributed by atoms with E-state index in [2.05, 4.69) is 86.8 Å². The second-order valence-corrected chi connectivity index (χ2v) is 31.6. The van der Waals surface area contributed by atoms with Gasteiger partial charge in [0.2, 0.25) is 0 Å². The first-order valence-electron chi connectivity index (χ1n) is 42.9. The number of benzene rings is 16. The average molecular weight is 1690 g/mol. The molecule has 0 saturated heterocycles.